The Balaban J connectivity index is 1.92. The van der Waals surface area contributed by atoms with Crippen molar-refractivity contribution in [2.24, 2.45) is 5.92 Å². The molecule has 1 saturated carbocycles. The van der Waals surface area contributed by atoms with Crippen molar-refractivity contribution in [1.82, 2.24) is 0 Å². The predicted molar refractivity (Wildman–Crippen MR) is 53.3 cm³/mol. The Morgan fingerprint density at radius 1 is 1.12 bits per heavy atom. The van der Waals surface area contributed by atoms with Gasteiger partial charge in [-0.05, 0) is 18.8 Å². The minimum atomic E-state index is -0.905. The second-order valence-electron chi connectivity index (χ2n) is 4.16. The second kappa shape index (κ2) is 4.87. The fourth-order valence-electron chi connectivity index (χ4n) is 1.70. The maximum Gasteiger partial charge on any atom is 0.134 e. The molecule has 0 bridgehead atoms. The van der Waals surface area contributed by atoms with E-state index < -0.39 is 17.5 Å². The van der Waals surface area contributed by atoms with Gasteiger partial charge in [0.15, 0.2) is 0 Å². The van der Waals surface area contributed by atoms with Crippen LogP contribution in [-0.2, 0) is 11.3 Å². The Morgan fingerprint density at radius 2 is 1.75 bits per heavy atom. The van der Waals surface area contributed by atoms with Crippen LogP contribution in [0.1, 0.15) is 24.8 Å². The molecule has 1 fully saturated rings. The van der Waals surface area contributed by atoms with E-state index in [9.17, 15) is 13.2 Å². The summed E-state index contributed by atoms with van der Waals surface area (Å²) >= 11 is 0. The maximum atomic E-state index is 13.2. The molecule has 1 aromatic carbocycles. The van der Waals surface area contributed by atoms with Crippen LogP contribution in [0.5, 0.6) is 0 Å². The van der Waals surface area contributed by atoms with E-state index in [0.29, 0.717) is 24.7 Å². The maximum absolute atomic E-state index is 13.2. The molecule has 16 heavy (non-hydrogen) atoms. The van der Waals surface area contributed by atoms with Crippen molar-refractivity contribution in [3.63, 3.8) is 0 Å². The summed E-state index contributed by atoms with van der Waals surface area (Å²) in [6, 6.07) is 1.34. The molecule has 0 aromatic heterocycles. The summed E-state index contributed by atoms with van der Waals surface area (Å²) in [5, 5.41) is 0. The first kappa shape index (κ1) is 11.5. The first-order chi connectivity index (χ1) is 7.66. The van der Waals surface area contributed by atoms with Crippen molar-refractivity contribution in [3.8, 4) is 0 Å². The molecule has 2 rings (SSSR count). The van der Waals surface area contributed by atoms with Crippen LogP contribution in [0.4, 0.5) is 13.2 Å². The van der Waals surface area contributed by atoms with E-state index >= 15 is 0 Å². The summed E-state index contributed by atoms with van der Waals surface area (Å²) < 4.78 is 44.2. The van der Waals surface area contributed by atoms with Gasteiger partial charge in [0.2, 0.25) is 0 Å². The van der Waals surface area contributed by atoms with Crippen LogP contribution in [-0.4, -0.2) is 6.61 Å². The average molecular weight is 230 g/mol. The molecule has 1 aromatic rings. The molecule has 0 saturated heterocycles. The van der Waals surface area contributed by atoms with Crippen molar-refractivity contribution in [2.75, 3.05) is 6.61 Å². The van der Waals surface area contributed by atoms with E-state index in [2.05, 4.69) is 0 Å². The van der Waals surface area contributed by atoms with Crippen LogP contribution in [0.3, 0.4) is 0 Å². The van der Waals surface area contributed by atoms with Crippen molar-refractivity contribution in [1.29, 1.82) is 0 Å². The topological polar surface area (TPSA) is 9.23 Å². The molecule has 0 radical (unpaired) electrons. The molecule has 1 aliphatic rings. The van der Waals surface area contributed by atoms with E-state index in [4.69, 9.17) is 4.74 Å². The highest BCUT2D eigenvalue weighted by molar-refractivity contribution is 5.19. The molecule has 0 atom stereocenters. The van der Waals surface area contributed by atoms with Gasteiger partial charge in [0.1, 0.15) is 17.5 Å². The summed E-state index contributed by atoms with van der Waals surface area (Å²) in [6.07, 6.45) is 3.44. The Morgan fingerprint density at radius 3 is 2.25 bits per heavy atom. The van der Waals surface area contributed by atoms with Crippen LogP contribution in [0.25, 0.3) is 0 Å². The van der Waals surface area contributed by atoms with Gasteiger partial charge in [-0.25, -0.2) is 13.2 Å². The van der Waals surface area contributed by atoms with Crippen molar-refractivity contribution in [3.05, 3.63) is 35.1 Å². The van der Waals surface area contributed by atoms with Gasteiger partial charge >= 0.3 is 0 Å². The van der Waals surface area contributed by atoms with E-state index in [0.717, 1.165) is 12.8 Å². The molecule has 4 heteroatoms. The number of hydrogen-bond acceptors (Lipinski definition) is 1. The first-order valence-electron chi connectivity index (χ1n) is 5.38. The number of hydrogen-bond donors (Lipinski definition) is 0. The molecule has 88 valence electrons. The molecule has 1 nitrogen and oxygen atoms in total. The lowest BCUT2D eigenvalue weighted by Crippen LogP contribution is -2.17. The third-order valence-electron chi connectivity index (χ3n) is 2.93. The van der Waals surface area contributed by atoms with E-state index in [1.54, 1.807) is 0 Å². The van der Waals surface area contributed by atoms with Crippen LogP contribution >= 0.6 is 0 Å². The molecular formula is C12H13F3O. The third-order valence-corrected chi connectivity index (χ3v) is 2.93. The Labute approximate surface area is 92.2 Å². The highest BCUT2D eigenvalue weighted by atomic mass is 19.1. The lowest BCUT2D eigenvalue weighted by atomic mass is 9.86. The molecule has 0 aliphatic heterocycles. The highest BCUT2D eigenvalue weighted by Crippen LogP contribution is 2.26. The largest absolute Gasteiger partial charge is 0.376 e. The Bertz CT molecular complexity index is 352. The normalized spacial score (nSPS) is 16.2. The zero-order valence-corrected chi connectivity index (χ0v) is 8.81. The van der Waals surface area contributed by atoms with Gasteiger partial charge < -0.3 is 4.74 Å². The van der Waals surface area contributed by atoms with Gasteiger partial charge in [-0.15, -0.1) is 0 Å². The average Bonchev–Trinajstić information content (AvgIpc) is 2.12. The minimum Gasteiger partial charge on any atom is -0.376 e. The molecular weight excluding hydrogens is 217 g/mol. The van der Waals surface area contributed by atoms with E-state index in [-0.39, 0.29) is 12.2 Å². The van der Waals surface area contributed by atoms with Crippen LogP contribution in [0.15, 0.2) is 12.1 Å². The summed E-state index contributed by atoms with van der Waals surface area (Å²) in [7, 11) is 0. The van der Waals surface area contributed by atoms with Gasteiger partial charge in [0.05, 0.1) is 6.61 Å². The van der Waals surface area contributed by atoms with Crippen LogP contribution in [0.2, 0.25) is 0 Å². The second-order valence-corrected chi connectivity index (χ2v) is 4.16. The summed E-state index contributed by atoms with van der Waals surface area (Å²) in [5.41, 5.74) is -0.194. The quantitative estimate of drug-likeness (QED) is 0.770. The molecule has 0 unspecified atom stereocenters. The van der Waals surface area contributed by atoms with Crippen LogP contribution in [0, 0.1) is 23.4 Å². The van der Waals surface area contributed by atoms with Gasteiger partial charge in [-0.3, -0.25) is 0 Å². The van der Waals surface area contributed by atoms with Gasteiger partial charge in [0.25, 0.3) is 0 Å². The predicted octanol–water partition coefficient (Wildman–Crippen LogP) is 3.42. The molecule has 0 amide bonds. The summed E-state index contributed by atoms with van der Waals surface area (Å²) in [6.45, 7) is 0.394. The van der Waals surface area contributed by atoms with Crippen molar-refractivity contribution >= 4 is 0 Å². The number of halogens is 3. The minimum absolute atomic E-state index is 0.131. The Kier molecular flexibility index (Phi) is 3.49. The standard InChI is InChI=1S/C12H13F3O/c13-9-4-11(14)10(12(15)5-9)7-16-6-8-2-1-3-8/h4-5,8H,1-3,6-7H2. The smallest absolute Gasteiger partial charge is 0.134 e. The number of ether oxygens (including phenoxy) is 1. The summed E-state index contributed by atoms with van der Waals surface area (Å²) in [5.74, 6) is -2.15. The lowest BCUT2D eigenvalue weighted by molar-refractivity contribution is 0.0565. The monoisotopic (exact) mass is 230 g/mol. The number of benzene rings is 1. The van der Waals surface area contributed by atoms with Crippen LogP contribution < -0.4 is 0 Å². The lowest BCUT2D eigenvalue weighted by Gasteiger charge is -2.24. The summed E-state index contributed by atoms with van der Waals surface area (Å²) in [4.78, 5) is 0. The van der Waals surface area contributed by atoms with Gasteiger partial charge in [0, 0.05) is 24.3 Å². The highest BCUT2D eigenvalue weighted by Gasteiger charge is 2.18. The van der Waals surface area contributed by atoms with Gasteiger partial charge in [-0.1, -0.05) is 6.42 Å². The first-order valence-corrected chi connectivity index (χ1v) is 5.38. The SMILES string of the molecule is Fc1cc(F)c(COCC2CCC2)c(F)c1. The van der Waals surface area contributed by atoms with E-state index in [1.165, 1.54) is 6.42 Å². The molecule has 0 spiro atoms. The zero-order chi connectivity index (χ0) is 11.5. The third kappa shape index (κ3) is 2.55. The molecule has 0 heterocycles. The zero-order valence-electron chi connectivity index (χ0n) is 8.81. The fourth-order valence-corrected chi connectivity index (χ4v) is 1.70. The molecule has 1 aliphatic carbocycles. The fraction of sp³-hybridized carbons (Fsp3) is 0.500. The van der Waals surface area contributed by atoms with Crippen molar-refractivity contribution < 1.29 is 17.9 Å². The Hall–Kier alpha value is -1.03. The number of rotatable bonds is 4. The molecule has 0 N–H and O–H groups in total. The van der Waals surface area contributed by atoms with Gasteiger partial charge in [-0.2, -0.15) is 0 Å². The van der Waals surface area contributed by atoms with E-state index in [1.807, 2.05) is 0 Å². The van der Waals surface area contributed by atoms with Crippen molar-refractivity contribution in [2.45, 2.75) is 25.9 Å².